The molecule has 2 aliphatic heterocycles. The number of nitrogens with zero attached hydrogens (tertiary/aromatic N) is 3. The van der Waals surface area contributed by atoms with Gasteiger partial charge in [-0.15, -0.1) is 0 Å². The van der Waals surface area contributed by atoms with Gasteiger partial charge in [-0.2, -0.15) is 0 Å². The van der Waals surface area contributed by atoms with Crippen molar-refractivity contribution in [1.29, 1.82) is 0 Å². The molecule has 0 saturated carbocycles. The number of halogens is 2. The molecule has 6 heteroatoms. The van der Waals surface area contributed by atoms with E-state index in [2.05, 4.69) is 51.0 Å². The van der Waals surface area contributed by atoms with E-state index in [0.29, 0.717) is 17.7 Å². The predicted molar refractivity (Wildman–Crippen MR) is 137 cm³/mol. The first kappa shape index (κ1) is 23.3. The SMILES string of the molecule is CN1CCC(CC(=O)N2CCC(C3c4ccc(Cl)cc4CCc4cc(Br)cnc43)CC2)CC1. The third kappa shape index (κ3) is 5.16. The summed E-state index contributed by atoms with van der Waals surface area (Å²) in [7, 11) is 2.17. The van der Waals surface area contributed by atoms with E-state index in [1.54, 1.807) is 0 Å². The second-order valence-corrected chi connectivity index (χ2v) is 11.5. The van der Waals surface area contributed by atoms with Gasteiger partial charge in [0.1, 0.15) is 0 Å². The molecule has 0 bridgehead atoms. The van der Waals surface area contributed by atoms with Crippen LogP contribution in [0.5, 0.6) is 0 Å². The number of carbonyl (C=O) groups excluding carboxylic acids is 1. The minimum Gasteiger partial charge on any atom is -0.343 e. The van der Waals surface area contributed by atoms with E-state index in [0.717, 1.165) is 80.6 Å². The lowest BCUT2D eigenvalue weighted by Gasteiger charge is -2.38. The molecule has 1 aliphatic carbocycles. The number of hydrogen-bond acceptors (Lipinski definition) is 3. The van der Waals surface area contributed by atoms with Crippen molar-refractivity contribution in [2.75, 3.05) is 33.2 Å². The fourth-order valence-electron chi connectivity index (χ4n) is 6.08. The van der Waals surface area contributed by atoms with Gasteiger partial charge in [0.15, 0.2) is 0 Å². The van der Waals surface area contributed by atoms with E-state index >= 15 is 0 Å². The first-order chi connectivity index (χ1) is 16.0. The summed E-state index contributed by atoms with van der Waals surface area (Å²) in [4.78, 5) is 22.5. The molecular weight excluding hydrogens is 498 g/mol. The maximum atomic E-state index is 13.0. The number of rotatable bonds is 3. The highest BCUT2D eigenvalue weighted by Gasteiger charge is 2.35. The van der Waals surface area contributed by atoms with Gasteiger partial charge in [0.25, 0.3) is 0 Å². The van der Waals surface area contributed by atoms with Crippen LogP contribution in [0.4, 0.5) is 0 Å². The zero-order valence-electron chi connectivity index (χ0n) is 19.4. The van der Waals surface area contributed by atoms with Gasteiger partial charge in [-0.05, 0) is 121 Å². The van der Waals surface area contributed by atoms with Crippen LogP contribution < -0.4 is 0 Å². The molecule has 1 aromatic carbocycles. The number of pyridine rings is 1. The average Bonchev–Trinajstić information content (AvgIpc) is 2.97. The molecule has 1 unspecified atom stereocenters. The van der Waals surface area contributed by atoms with Crippen molar-refractivity contribution >= 4 is 33.4 Å². The molecule has 1 amide bonds. The van der Waals surface area contributed by atoms with Crippen LogP contribution in [0.15, 0.2) is 34.9 Å². The lowest BCUT2D eigenvalue weighted by atomic mass is 9.76. The van der Waals surface area contributed by atoms with Crippen molar-refractivity contribution in [3.63, 3.8) is 0 Å². The van der Waals surface area contributed by atoms with Crippen LogP contribution in [-0.4, -0.2) is 53.9 Å². The van der Waals surface area contributed by atoms with Crippen molar-refractivity contribution in [3.8, 4) is 0 Å². The minimum absolute atomic E-state index is 0.272. The summed E-state index contributed by atoms with van der Waals surface area (Å²) in [6.07, 6.45) is 9.00. The Bertz CT molecular complexity index is 959. The van der Waals surface area contributed by atoms with Gasteiger partial charge in [-0.25, -0.2) is 0 Å². The normalized spacial score (nSPS) is 22.5. The van der Waals surface area contributed by atoms with Crippen molar-refractivity contribution in [2.24, 2.45) is 11.8 Å². The topological polar surface area (TPSA) is 36.4 Å². The Morgan fingerprint density at radius 3 is 2.55 bits per heavy atom. The molecule has 1 atom stereocenters. The number of hydrogen-bond donors (Lipinski definition) is 0. The monoisotopic (exact) mass is 529 g/mol. The number of aromatic nitrogens is 1. The molecule has 5 rings (SSSR count). The standard InChI is InChI=1S/C27H33BrClN3O/c1-31-10-6-18(7-11-31)14-25(33)32-12-8-19(9-13-32)26-24-5-4-23(29)16-20(24)2-3-21-15-22(28)17-30-27(21)26/h4-5,15-19,26H,2-3,6-14H2,1H3. The van der Waals surface area contributed by atoms with Gasteiger partial charge < -0.3 is 9.80 Å². The number of piperidine rings is 2. The second-order valence-electron chi connectivity index (χ2n) is 10.2. The zero-order valence-corrected chi connectivity index (χ0v) is 21.7. The smallest absolute Gasteiger partial charge is 0.222 e. The molecule has 2 aromatic rings. The predicted octanol–water partition coefficient (Wildman–Crippen LogP) is 5.70. The molecule has 0 N–H and O–H groups in total. The van der Waals surface area contributed by atoms with Crippen molar-refractivity contribution < 1.29 is 4.79 Å². The van der Waals surface area contributed by atoms with E-state index in [1.807, 2.05) is 12.3 Å². The number of benzene rings is 1. The van der Waals surface area contributed by atoms with Crippen molar-refractivity contribution in [2.45, 2.75) is 50.9 Å². The van der Waals surface area contributed by atoms with Crippen LogP contribution in [0.1, 0.15) is 60.4 Å². The largest absolute Gasteiger partial charge is 0.343 e. The minimum atomic E-state index is 0.272. The average molecular weight is 531 g/mol. The molecule has 2 saturated heterocycles. The Kier molecular flexibility index (Phi) is 7.10. The van der Waals surface area contributed by atoms with Crippen LogP contribution in [-0.2, 0) is 17.6 Å². The molecular formula is C27H33BrClN3O. The van der Waals surface area contributed by atoms with Crippen LogP contribution in [0, 0.1) is 11.8 Å². The molecule has 0 radical (unpaired) electrons. The summed E-state index contributed by atoms with van der Waals surface area (Å²) in [6.45, 7) is 3.96. The van der Waals surface area contributed by atoms with E-state index in [1.165, 1.54) is 22.4 Å². The summed E-state index contributed by atoms with van der Waals surface area (Å²) in [5.74, 6) is 1.68. The summed E-state index contributed by atoms with van der Waals surface area (Å²) >= 11 is 9.99. The highest BCUT2D eigenvalue weighted by atomic mass is 79.9. The van der Waals surface area contributed by atoms with Gasteiger partial charge in [0, 0.05) is 41.1 Å². The van der Waals surface area contributed by atoms with E-state index in [4.69, 9.17) is 16.6 Å². The summed E-state index contributed by atoms with van der Waals surface area (Å²) in [5.41, 5.74) is 5.28. The molecule has 33 heavy (non-hydrogen) atoms. The van der Waals surface area contributed by atoms with Crippen LogP contribution in [0.3, 0.4) is 0 Å². The summed E-state index contributed by atoms with van der Waals surface area (Å²) in [6, 6.07) is 8.63. The number of amides is 1. The first-order valence-electron chi connectivity index (χ1n) is 12.4. The third-order valence-electron chi connectivity index (χ3n) is 8.03. The first-order valence-corrected chi connectivity index (χ1v) is 13.5. The van der Waals surface area contributed by atoms with Gasteiger partial charge >= 0.3 is 0 Å². The fourth-order valence-corrected chi connectivity index (χ4v) is 6.66. The summed E-state index contributed by atoms with van der Waals surface area (Å²) in [5, 5.41) is 0.807. The molecule has 0 spiro atoms. The van der Waals surface area contributed by atoms with Crippen molar-refractivity contribution in [3.05, 3.63) is 62.3 Å². The number of aryl methyl sites for hydroxylation is 2. The molecule has 4 nitrogen and oxygen atoms in total. The Labute approximate surface area is 210 Å². The maximum absolute atomic E-state index is 13.0. The second kappa shape index (κ2) is 10.1. The summed E-state index contributed by atoms with van der Waals surface area (Å²) < 4.78 is 1.04. The number of likely N-dealkylation sites (tertiary alicyclic amines) is 2. The lowest BCUT2D eigenvalue weighted by Crippen LogP contribution is -2.41. The Morgan fingerprint density at radius 1 is 1.06 bits per heavy atom. The Balaban J connectivity index is 1.32. The van der Waals surface area contributed by atoms with Crippen LogP contribution in [0.2, 0.25) is 5.02 Å². The molecule has 3 heterocycles. The highest BCUT2D eigenvalue weighted by Crippen LogP contribution is 2.43. The highest BCUT2D eigenvalue weighted by molar-refractivity contribution is 9.10. The quantitative estimate of drug-likeness (QED) is 0.511. The Morgan fingerprint density at radius 2 is 1.79 bits per heavy atom. The molecule has 1 aromatic heterocycles. The Hall–Kier alpha value is -1.43. The van der Waals surface area contributed by atoms with Crippen LogP contribution >= 0.6 is 27.5 Å². The zero-order chi connectivity index (χ0) is 22.9. The molecule has 2 fully saturated rings. The van der Waals surface area contributed by atoms with Crippen LogP contribution in [0.25, 0.3) is 0 Å². The van der Waals surface area contributed by atoms with E-state index in [9.17, 15) is 4.79 Å². The van der Waals surface area contributed by atoms with E-state index < -0.39 is 0 Å². The van der Waals surface area contributed by atoms with E-state index in [-0.39, 0.29) is 5.92 Å². The molecule has 3 aliphatic rings. The fraction of sp³-hybridized carbons (Fsp3) is 0.556. The van der Waals surface area contributed by atoms with Gasteiger partial charge in [-0.1, -0.05) is 17.7 Å². The van der Waals surface area contributed by atoms with Crippen molar-refractivity contribution in [1.82, 2.24) is 14.8 Å². The van der Waals surface area contributed by atoms with Gasteiger partial charge in [0.05, 0.1) is 5.69 Å². The number of fused-ring (bicyclic) bond motifs is 2. The molecule has 176 valence electrons. The third-order valence-corrected chi connectivity index (χ3v) is 8.70. The van der Waals surface area contributed by atoms with Gasteiger partial charge in [-0.3, -0.25) is 9.78 Å². The lowest BCUT2D eigenvalue weighted by molar-refractivity contribution is -0.134. The number of carbonyl (C=O) groups is 1. The maximum Gasteiger partial charge on any atom is 0.222 e. The van der Waals surface area contributed by atoms with Gasteiger partial charge in [0.2, 0.25) is 5.91 Å².